The van der Waals surface area contributed by atoms with Gasteiger partial charge in [-0.2, -0.15) is 0 Å². The summed E-state index contributed by atoms with van der Waals surface area (Å²) < 4.78 is 23.7. The lowest BCUT2D eigenvalue weighted by atomic mass is 9.94. The van der Waals surface area contributed by atoms with E-state index in [0.717, 1.165) is 12.8 Å². The summed E-state index contributed by atoms with van der Waals surface area (Å²) in [6.07, 6.45) is 1.65. The molecule has 7 nitrogen and oxygen atoms in total. The fraction of sp³-hybridized carbons (Fsp3) is 0.964. The van der Waals surface area contributed by atoms with Crippen molar-refractivity contribution in [1.29, 1.82) is 0 Å². The van der Waals surface area contributed by atoms with E-state index in [4.69, 9.17) is 13.7 Å². The number of amides is 1. The van der Waals surface area contributed by atoms with Crippen molar-refractivity contribution in [2.45, 2.75) is 151 Å². The number of rotatable bonds is 18. The van der Waals surface area contributed by atoms with Crippen LogP contribution >= 0.6 is 20.2 Å². The van der Waals surface area contributed by atoms with Gasteiger partial charge in [0, 0.05) is 24.2 Å². The average molecular weight is 596 g/mol. The van der Waals surface area contributed by atoms with Crippen LogP contribution in [-0.4, -0.2) is 78.4 Å². The molecule has 10 heteroatoms. The third-order valence-corrected chi connectivity index (χ3v) is 15.6. The molecule has 0 aromatic carbocycles. The number of nitrogens with zero attached hydrogens (tertiary/aromatic N) is 2. The van der Waals surface area contributed by atoms with Crippen LogP contribution in [0.15, 0.2) is 0 Å². The summed E-state index contributed by atoms with van der Waals surface area (Å²) in [5.74, 6) is 0.301. The second-order valence-electron chi connectivity index (χ2n) is 12.8. The Kier molecular flexibility index (Phi) is 17.4. The van der Waals surface area contributed by atoms with E-state index in [1.807, 2.05) is 0 Å². The van der Waals surface area contributed by atoms with Crippen LogP contribution in [-0.2, 0) is 13.7 Å². The molecule has 0 spiro atoms. The van der Waals surface area contributed by atoms with Crippen molar-refractivity contribution in [3.63, 3.8) is 0 Å². The first kappa shape index (κ1) is 38.3. The van der Waals surface area contributed by atoms with Crippen molar-refractivity contribution in [3.8, 4) is 0 Å². The first-order chi connectivity index (χ1) is 17.4. The van der Waals surface area contributed by atoms with Crippen LogP contribution in [0.3, 0.4) is 0 Å². The second kappa shape index (κ2) is 17.3. The summed E-state index contributed by atoms with van der Waals surface area (Å²) in [4.78, 5) is 12.8. The number of ether oxygens (including phenoxy) is 1. The SMILES string of the molecule is CCC(CC)(CO[Si](C)(C)C(C)(C)C)NC(=O)SCOCCOP(N(C(C)C)C(C)C)N(C(C)C)C(C)C. The highest BCUT2D eigenvalue weighted by Crippen LogP contribution is 2.50. The zero-order valence-electron chi connectivity index (χ0n) is 27.4. The Hall–Kier alpha value is 0.267. The van der Waals surface area contributed by atoms with Gasteiger partial charge in [0.25, 0.3) is 5.24 Å². The highest BCUT2D eigenvalue weighted by molar-refractivity contribution is 8.13. The molecule has 0 rings (SSSR count). The van der Waals surface area contributed by atoms with E-state index in [9.17, 15) is 4.79 Å². The fourth-order valence-corrected chi connectivity index (χ4v) is 8.01. The van der Waals surface area contributed by atoms with Gasteiger partial charge in [-0.1, -0.05) is 34.6 Å². The van der Waals surface area contributed by atoms with E-state index in [1.54, 1.807) is 0 Å². The van der Waals surface area contributed by atoms with Crippen molar-refractivity contribution in [3.05, 3.63) is 0 Å². The molecule has 0 aliphatic rings. The van der Waals surface area contributed by atoms with Gasteiger partial charge in [0.05, 0.1) is 25.4 Å². The van der Waals surface area contributed by atoms with E-state index >= 15 is 0 Å². The molecule has 0 aromatic heterocycles. The summed E-state index contributed by atoms with van der Waals surface area (Å²) in [7, 11) is -2.83. The molecule has 0 aliphatic heterocycles. The molecule has 0 aromatic rings. The van der Waals surface area contributed by atoms with E-state index in [2.05, 4.69) is 118 Å². The van der Waals surface area contributed by atoms with Crippen LogP contribution < -0.4 is 5.32 Å². The third kappa shape index (κ3) is 12.4. The van der Waals surface area contributed by atoms with Gasteiger partial charge in [0.15, 0.2) is 16.8 Å². The Morgan fingerprint density at radius 1 is 0.868 bits per heavy atom. The minimum Gasteiger partial charge on any atom is -0.414 e. The van der Waals surface area contributed by atoms with Gasteiger partial charge in [-0.25, -0.2) is 9.34 Å². The zero-order valence-corrected chi connectivity index (χ0v) is 30.1. The van der Waals surface area contributed by atoms with Crippen molar-refractivity contribution >= 4 is 33.8 Å². The van der Waals surface area contributed by atoms with E-state index in [1.165, 1.54) is 11.8 Å². The van der Waals surface area contributed by atoms with Crippen LogP contribution in [0, 0.1) is 0 Å². The van der Waals surface area contributed by atoms with Gasteiger partial charge < -0.3 is 19.0 Å². The maximum atomic E-state index is 12.8. The second-order valence-corrected chi connectivity index (χ2v) is 20.2. The molecular formula is C28H62N3O4PSSi. The highest BCUT2D eigenvalue weighted by atomic mass is 32.2. The number of thioether (sulfide) groups is 1. The lowest BCUT2D eigenvalue weighted by Gasteiger charge is -2.45. The normalized spacial score (nSPS) is 13.8. The molecule has 0 radical (unpaired) electrons. The van der Waals surface area contributed by atoms with Crippen LogP contribution in [0.2, 0.25) is 18.1 Å². The fourth-order valence-electron chi connectivity index (χ4n) is 4.02. The summed E-state index contributed by atoms with van der Waals surface area (Å²) in [6.45, 7) is 34.8. The van der Waals surface area contributed by atoms with E-state index in [-0.39, 0.29) is 15.8 Å². The highest BCUT2D eigenvalue weighted by Gasteiger charge is 2.40. The quantitative estimate of drug-likeness (QED) is 0.0738. The van der Waals surface area contributed by atoms with Gasteiger partial charge in [0.2, 0.25) is 0 Å². The Morgan fingerprint density at radius 2 is 1.32 bits per heavy atom. The van der Waals surface area contributed by atoms with Crippen molar-refractivity contribution in [2.75, 3.05) is 25.8 Å². The maximum absolute atomic E-state index is 12.8. The minimum absolute atomic E-state index is 0.0627. The number of carbonyl (C=O) groups excluding carboxylic acids is 1. The molecule has 0 heterocycles. The molecule has 0 saturated heterocycles. The molecule has 1 N–H and O–H groups in total. The van der Waals surface area contributed by atoms with Crippen molar-refractivity contribution in [2.24, 2.45) is 0 Å². The van der Waals surface area contributed by atoms with Crippen molar-refractivity contribution < 1.29 is 18.5 Å². The Labute approximate surface area is 242 Å². The Balaban J connectivity index is 4.94. The monoisotopic (exact) mass is 595 g/mol. The summed E-state index contributed by atoms with van der Waals surface area (Å²) in [5, 5.41) is 3.32. The predicted molar refractivity (Wildman–Crippen MR) is 170 cm³/mol. The number of hydrogen-bond donors (Lipinski definition) is 1. The molecule has 0 unspecified atom stereocenters. The molecule has 0 saturated carbocycles. The largest absolute Gasteiger partial charge is 0.414 e. The Bertz CT molecular complexity index is 635. The predicted octanol–water partition coefficient (Wildman–Crippen LogP) is 8.47. The lowest BCUT2D eigenvalue weighted by molar-refractivity contribution is 0.119. The van der Waals surface area contributed by atoms with Crippen LogP contribution in [0.4, 0.5) is 4.79 Å². The lowest BCUT2D eigenvalue weighted by Crippen LogP contribution is -2.53. The topological polar surface area (TPSA) is 63.3 Å². The maximum Gasteiger partial charge on any atom is 0.281 e. The first-order valence-electron chi connectivity index (χ1n) is 14.5. The van der Waals surface area contributed by atoms with Crippen LogP contribution in [0.5, 0.6) is 0 Å². The molecule has 1 amide bonds. The molecule has 38 heavy (non-hydrogen) atoms. The summed E-state index contributed by atoms with van der Waals surface area (Å²) >= 11 is 1.18. The molecule has 0 atom stereocenters. The van der Waals surface area contributed by atoms with E-state index < -0.39 is 16.8 Å². The van der Waals surface area contributed by atoms with Gasteiger partial charge in [-0.15, -0.1) is 0 Å². The molecule has 228 valence electrons. The molecular weight excluding hydrogens is 533 g/mol. The Morgan fingerprint density at radius 3 is 1.68 bits per heavy atom. The van der Waals surface area contributed by atoms with Gasteiger partial charge in [0.1, 0.15) is 5.94 Å². The van der Waals surface area contributed by atoms with Crippen LogP contribution in [0.25, 0.3) is 0 Å². The minimum atomic E-state index is -1.90. The smallest absolute Gasteiger partial charge is 0.281 e. The summed E-state index contributed by atoms with van der Waals surface area (Å²) in [5.41, 5.74) is -0.354. The average Bonchev–Trinajstić information content (AvgIpc) is 2.77. The first-order valence-corrected chi connectivity index (χ1v) is 19.6. The molecule has 0 aliphatic carbocycles. The standard InChI is InChI=1S/C28H62N3O4PSSi/c1-16-28(17-2,20-35-38(14,15)27(11,12)13)29-26(32)37-21-33-18-19-34-36(30(22(3)4)23(5)6)31(24(7)8)25(9)10/h22-25H,16-21H2,1-15H3,(H,29,32). The molecule has 0 bridgehead atoms. The number of hydrogen-bond acceptors (Lipinski definition) is 7. The number of carbonyl (C=O) groups is 1. The van der Waals surface area contributed by atoms with Crippen LogP contribution in [0.1, 0.15) is 103 Å². The van der Waals surface area contributed by atoms with Gasteiger partial charge in [-0.3, -0.25) is 4.79 Å². The van der Waals surface area contributed by atoms with Gasteiger partial charge in [-0.05, 0) is 98.1 Å². The third-order valence-electron chi connectivity index (χ3n) is 7.46. The number of nitrogens with one attached hydrogen (secondary N) is 1. The van der Waals surface area contributed by atoms with E-state index in [0.29, 0.717) is 49.9 Å². The zero-order chi connectivity index (χ0) is 29.9. The van der Waals surface area contributed by atoms with Crippen molar-refractivity contribution in [1.82, 2.24) is 14.7 Å². The summed E-state index contributed by atoms with van der Waals surface area (Å²) in [6, 6.07) is 1.50. The van der Waals surface area contributed by atoms with Gasteiger partial charge >= 0.3 is 0 Å². The molecule has 0 fully saturated rings.